The Morgan fingerprint density at radius 1 is 1.11 bits per heavy atom. The molecule has 1 N–H and O–H groups in total. The first-order valence-electron chi connectivity index (χ1n) is 7.32. The Morgan fingerprint density at radius 2 is 1.79 bits per heavy atom. The van der Waals surface area contributed by atoms with Gasteiger partial charge in [0.05, 0.1) is 0 Å². The van der Waals surface area contributed by atoms with Crippen molar-refractivity contribution >= 4 is 11.6 Å². The molecule has 0 radical (unpaired) electrons. The predicted molar refractivity (Wildman–Crippen MR) is 83.2 cm³/mol. The lowest BCUT2D eigenvalue weighted by Gasteiger charge is -2.17. The van der Waals surface area contributed by atoms with E-state index in [2.05, 4.69) is 12.2 Å². The van der Waals surface area contributed by atoms with Crippen LogP contribution in [0.15, 0.2) is 24.3 Å². The number of benzene rings is 1. The first-order valence-corrected chi connectivity index (χ1v) is 7.69. The summed E-state index contributed by atoms with van der Waals surface area (Å²) in [7, 11) is 2.00. The highest BCUT2D eigenvalue weighted by atomic mass is 35.5. The van der Waals surface area contributed by atoms with Gasteiger partial charge in [-0.05, 0) is 37.7 Å². The summed E-state index contributed by atoms with van der Waals surface area (Å²) < 4.78 is 5.77. The van der Waals surface area contributed by atoms with Crippen LogP contribution >= 0.6 is 11.6 Å². The van der Waals surface area contributed by atoms with Crippen molar-refractivity contribution in [3.05, 3.63) is 29.3 Å². The van der Waals surface area contributed by atoms with Crippen molar-refractivity contribution in [1.29, 1.82) is 0 Å². The number of ether oxygens (including phenoxy) is 1. The van der Waals surface area contributed by atoms with E-state index in [9.17, 15) is 0 Å². The molecule has 0 bridgehead atoms. The molecule has 0 heterocycles. The molecule has 1 aromatic carbocycles. The summed E-state index contributed by atoms with van der Waals surface area (Å²) in [6.07, 6.45) is 7.78. The fourth-order valence-corrected chi connectivity index (χ4v) is 2.16. The van der Waals surface area contributed by atoms with Gasteiger partial charge >= 0.3 is 0 Å². The van der Waals surface area contributed by atoms with Gasteiger partial charge in [0.25, 0.3) is 0 Å². The highest BCUT2D eigenvalue weighted by Gasteiger charge is 2.06. The Hall–Kier alpha value is -0.730. The minimum Gasteiger partial charge on any atom is -0.492 e. The second-order valence-electron chi connectivity index (χ2n) is 4.95. The monoisotopic (exact) mass is 283 g/mol. The number of nitrogens with one attached hydrogen (secondary N) is 1. The summed E-state index contributed by atoms with van der Waals surface area (Å²) in [6, 6.07) is 7.97. The van der Waals surface area contributed by atoms with Gasteiger partial charge < -0.3 is 10.1 Å². The molecule has 0 aliphatic rings. The highest BCUT2D eigenvalue weighted by molar-refractivity contribution is 6.30. The smallest absolute Gasteiger partial charge is 0.119 e. The van der Waals surface area contributed by atoms with Gasteiger partial charge in [-0.1, -0.05) is 50.6 Å². The molecular weight excluding hydrogens is 258 g/mol. The Morgan fingerprint density at radius 3 is 2.42 bits per heavy atom. The summed E-state index contributed by atoms with van der Waals surface area (Å²) >= 11 is 5.84. The van der Waals surface area contributed by atoms with Crippen molar-refractivity contribution in [3.8, 4) is 5.75 Å². The maximum absolute atomic E-state index is 5.84. The SMILES string of the molecule is CCCCCCCC(COc1ccc(Cl)cc1)NC. The number of unbranched alkanes of at least 4 members (excludes halogenated alkanes) is 4. The molecule has 0 fully saturated rings. The van der Waals surface area contributed by atoms with Gasteiger partial charge in [0.15, 0.2) is 0 Å². The van der Waals surface area contributed by atoms with Crippen LogP contribution in [0.25, 0.3) is 0 Å². The molecule has 0 spiro atoms. The van der Waals surface area contributed by atoms with Gasteiger partial charge in [-0.2, -0.15) is 0 Å². The molecule has 0 saturated carbocycles. The average Bonchev–Trinajstić information content (AvgIpc) is 2.44. The minimum atomic E-state index is 0.428. The van der Waals surface area contributed by atoms with E-state index < -0.39 is 0 Å². The summed E-state index contributed by atoms with van der Waals surface area (Å²) in [5, 5.41) is 4.07. The van der Waals surface area contributed by atoms with Gasteiger partial charge in [-0.15, -0.1) is 0 Å². The molecule has 108 valence electrons. The number of hydrogen-bond donors (Lipinski definition) is 1. The second kappa shape index (κ2) is 10.1. The maximum Gasteiger partial charge on any atom is 0.119 e. The van der Waals surface area contributed by atoms with E-state index in [-0.39, 0.29) is 0 Å². The molecule has 1 atom stereocenters. The van der Waals surface area contributed by atoms with E-state index in [1.807, 2.05) is 31.3 Å². The quantitative estimate of drug-likeness (QED) is 0.630. The van der Waals surface area contributed by atoms with Crippen molar-refractivity contribution in [3.63, 3.8) is 0 Å². The highest BCUT2D eigenvalue weighted by Crippen LogP contribution is 2.16. The van der Waals surface area contributed by atoms with E-state index in [4.69, 9.17) is 16.3 Å². The average molecular weight is 284 g/mol. The van der Waals surface area contributed by atoms with Crippen molar-refractivity contribution in [2.75, 3.05) is 13.7 Å². The Bertz CT molecular complexity index is 326. The lowest BCUT2D eigenvalue weighted by Crippen LogP contribution is -2.31. The van der Waals surface area contributed by atoms with Crippen LogP contribution in [-0.4, -0.2) is 19.7 Å². The van der Waals surface area contributed by atoms with Crippen LogP contribution in [0.3, 0.4) is 0 Å². The summed E-state index contributed by atoms with van der Waals surface area (Å²) in [5.41, 5.74) is 0. The largest absolute Gasteiger partial charge is 0.492 e. The Balaban J connectivity index is 2.19. The Labute approximate surface area is 122 Å². The Kier molecular flexibility index (Phi) is 8.68. The van der Waals surface area contributed by atoms with Gasteiger partial charge in [-0.3, -0.25) is 0 Å². The third kappa shape index (κ3) is 7.44. The standard InChI is InChI=1S/C16H26ClNO/c1-3-4-5-6-7-8-15(18-2)13-19-16-11-9-14(17)10-12-16/h9-12,15,18H,3-8,13H2,1-2H3. The molecule has 0 aromatic heterocycles. The van der Waals surface area contributed by atoms with E-state index in [0.29, 0.717) is 12.6 Å². The van der Waals surface area contributed by atoms with Crippen LogP contribution in [-0.2, 0) is 0 Å². The van der Waals surface area contributed by atoms with E-state index in [0.717, 1.165) is 10.8 Å². The summed E-state index contributed by atoms with van der Waals surface area (Å²) in [4.78, 5) is 0. The zero-order chi connectivity index (χ0) is 13.9. The third-order valence-corrected chi connectivity index (χ3v) is 3.58. The lowest BCUT2D eigenvalue weighted by atomic mass is 10.1. The van der Waals surface area contributed by atoms with Crippen molar-refractivity contribution in [2.24, 2.45) is 0 Å². The topological polar surface area (TPSA) is 21.3 Å². The molecule has 0 aliphatic carbocycles. The summed E-state index contributed by atoms with van der Waals surface area (Å²) in [5.74, 6) is 0.885. The molecule has 0 amide bonds. The lowest BCUT2D eigenvalue weighted by molar-refractivity contribution is 0.260. The molecule has 0 aliphatic heterocycles. The number of halogens is 1. The molecule has 1 unspecified atom stereocenters. The first kappa shape index (κ1) is 16.3. The van der Waals surface area contributed by atoms with Crippen LogP contribution < -0.4 is 10.1 Å². The van der Waals surface area contributed by atoms with E-state index in [1.165, 1.54) is 38.5 Å². The molecule has 19 heavy (non-hydrogen) atoms. The van der Waals surface area contributed by atoms with Crippen LogP contribution in [0, 0.1) is 0 Å². The molecule has 0 saturated heterocycles. The number of hydrogen-bond acceptors (Lipinski definition) is 2. The van der Waals surface area contributed by atoms with E-state index >= 15 is 0 Å². The fourth-order valence-electron chi connectivity index (χ4n) is 2.03. The van der Waals surface area contributed by atoms with Crippen LogP contribution in [0.4, 0.5) is 0 Å². The minimum absolute atomic E-state index is 0.428. The zero-order valence-corrected chi connectivity index (χ0v) is 12.9. The van der Waals surface area contributed by atoms with Crippen molar-refractivity contribution < 1.29 is 4.74 Å². The van der Waals surface area contributed by atoms with Gasteiger partial charge in [0.1, 0.15) is 12.4 Å². The van der Waals surface area contributed by atoms with Crippen molar-refractivity contribution in [2.45, 2.75) is 51.5 Å². The predicted octanol–water partition coefficient (Wildman–Crippen LogP) is 4.67. The molecule has 1 rings (SSSR count). The maximum atomic E-state index is 5.84. The van der Waals surface area contributed by atoms with Crippen molar-refractivity contribution in [1.82, 2.24) is 5.32 Å². The fraction of sp³-hybridized carbons (Fsp3) is 0.625. The first-order chi connectivity index (χ1) is 9.26. The van der Waals surface area contributed by atoms with Gasteiger partial charge in [0.2, 0.25) is 0 Å². The van der Waals surface area contributed by atoms with Crippen LogP contribution in [0.2, 0.25) is 5.02 Å². The molecule has 2 nitrogen and oxygen atoms in total. The van der Waals surface area contributed by atoms with Crippen LogP contribution in [0.5, 0.6) is 5.75 Å². The number of likely N-dealkylation sites (N-methyl/N-ethyl adjacent to an activating group) is 1. The third-order valence-electron chi connectivity index (χ3n) is 3.33. The van der Waals surface area contributed by atoms with Gasteiger partial charge in [-0.25, -0.2) is 0 Å². The normalized spacial score (nSPS) is 12.4. The number of rotatable bonds is 10. The molecular formula is C16H26ClNO. The molecule has 3 heteroatoms. The van der Waals surface area contributed by atoms with Crippen LogP contribution in [0.1, 0.15) is 45.4 Å². The van der Waals surface area contributed by atoms with Gasteiger partial charge in [0, 0.05) is 11.1 Å². The van der Waals surface area contributed by atoms with E-state index in [1.54, 1.807) is 0 Å². The molecule has 1 aromatic rings. The summed E-state index contributed by atoms with van der Waals surface area (Å²) in [6.45, 7) is 2.96. The second-order valence-corrected chi connectivity index (χ2v) is 5.39. The zero-order valence-electron chi connectivity index (χ0n) is 12.1.